The predicted octanol–water partition coefficient (Wildman–Crippen LogP) is 1.38. The number of carbonyl (C=O) groups excluding carboxylic acids is 1. The number of nitrogen functional groups attached to an aromatic ring is 1. The van der Waals surface area contributed by atoms with Crippen molar-refractivity contribution < 1.29 is 45.0 Å². The van der Waals surface area contributed by atoms with Crippen molar-refractivity contribution >= 4 is 34.7 Å². The summed E-state index contributed by atoms with van der Waals surface area (Å²) in [6.07, 6.45) is -4.57. The van der Waals surface area contributed by atoms with Crippen molar-refractivity contribution in [1.29, 1.82) is 5.41 Å². The number of aliphatic carboxylic acids is 2. The number of nitrogens with two attached hydrogens (primary N) is 1. The van der Waals surface area contributed by atoms with Crippen molar-refractivity contribution in [3.8, 4) is 34.0 Å². The number of phenolic OH excluding ortho intramolecular Hbond substituents is 2. The highest BCUT2D eigenvalue weighted by Gasteiger charge is 2.33. The molecule has 0 aliphatic heterocycles. The maximum Gasteiger partial charge on any atom is 0.335 e. The molecule has 0 bridgehead atoms. The average Bonchev–Trinajstić information content (AvgIpc) is 3.39. The Morgan fingerprint density at radius 3 is 2.28 bits per heavy atom. The maximum atomic E-state index is 12.2. The number of nitrogens with one attached hydrogen (secondary N) is 3. The van der Waals surface area contributed by atoms with Crippen LogP contribution in [0.2, 0.25) is 0 Å². The van der Waals surface area contributed by atoms with Gasteiger partial charge < -0.3 is 46.7 Å². The van der Waals surface area contributed by atoms with Crippen LogP contribution in [0.5, 0.6) is 11.5 Å². The van der Waals surface area contributed by atoms with Gasteiger partial charge in [0.15, 0.2) is 12.2 Å². The third kappa shape index (κ3) is 5.95. The van der Waals surface area contributed by atoms with Gasteiger partial charge in [0, 0.05) is 23.2 Å². The zero-order valence-electron chi connectivity index (χ0n) is 22.9. The fourth-order valence-corrected chi connectivity index (χ4v) is 4.29. The second kappa shape index (κ2) is 11.4. The van der Waals surface area contributed by atoms with Gasteiger partial charge in [-0.05, 0) is 67.4 Å². The van der Waals surface area contributed by atoms with E-state index in [1.165, 1.54) is 44.2 Å². The van der Waals surface area contributed by atoms with Gasteiger partial charge in [-0.3, -0.25) is 15.0 Å². The summed E-state index contributed by atoms with van der Waals surface area (Å²) in [5.41, 5.74) is 6.40. The van der Waals surface area contributed by atoms with Crippen molar-refractivity contribution in [1.82, 2.24) is 15.3 Å². The summed E-state index contributed by atoms with van der Waals surface area (Å²) < 4.78 is 0. The lowest BCUT2D eigenvalue weighted by Crippen LogP contribution is -2.45. The lowest BCUT2D eigenvalue weighted by molar-refractivity contribution is -0.158. The number of aromatic hydroxyl groups is 2. The molecule has 0 radical (unpaired) electrons. The Balaban J connectivity index is 1.82. The second-order valence-electron chi connectivity index (χ2n) is 10.4. The number of amides is 1. The quantitative estimate of drug-likeness (QED) is 0.0929. The van der Waals surface area contributed by atoms with Crippen LogP contribution in [-0.4, -0.2) is 76.5 Å². The number of H-pyrrole nitrogens is 1. The molecule has 0 fully saturated rings. The van der Waals surface area contributed by atoms with Gasteiger partial charge in [0.2, 0.25) is 0 Å². The van der Waals surface area contributed by atoms with E-state index >= 15 is 0 Å². The lowest BCUT2D eigenvalue weighted by atomic mass is 9.81. The van der Waals surface area contributed by atoms with E-state index in [0.717, 1.165) is 0 Å². The van der Waals surface area contributed by atoms with Crippen LogP contribution in [0.15, 0.2) is 48.5 Å². The minimum Gasteiger partial charge on any atom is -0.507 e. The number of aromatic amines is 1. The molecule has 4 aromatic rings. The number of benzene rings is 3. The van der Waals surface area contributed by atoms with Gasteiger partial charge in [0.05, 0.1) is 22.0 Å². The maximum absolute atomic E-state index is 12.2. The van der Waals surface area contributed by atoms with Crippen molar-refractivity contribution in [2.24, 2.45) is 5.73 Å². The SMILES string of the molecule is CC(C)(C(=O)O)c1cc(-c2nc3ccc(C(=N)N)cc3[nH]2)c(O)c(-c2cc(CNC(=O)[C@H](O)[C@@H](O)C(=O)O)ccc2O)c1. The van der Waals surface area contributed by atoms with Crippen molar-refractivity contribution in [3.63, 3.8) is 0 Å². The summed E-state index contributed by atoms with van der Waals surface area (Å²) in [4.78, 5) is 42.7. The number of carboxylic acid groups (broad SMARTS) is 2. The molecule has 0 spiro atoms. The Morgan fingerprint density at radius 1 is 0.977 bits per heavy atom. The molecular weight excluding hydrogens is 562 g/mol. The number of fused-ring (bicyclic) bond motifs is 1. The molecular formula is C29H29N5O9. The van der Waals surface area contributed by atoms with Gasteiger partial charge in [-0.2, -0.15) is 0 Å². The highest BCUT2D eigenvalue weighted by molar-refractivity contribution is 5.98. The molecule has 0 aliphatic carbocycles. The highest BCUT2D eigenvalue weighted by atomic mass is 16.4. The number of rotatable bonds is 10. The Morgan fingerprint density at radius 2 is 1.65 bits per heavy atom. The number of nitrogens with zero attached hydrogens (tertiary/aromatic N) is 1. The second-order valence-corrected chi connectivity index (χ2v) is 10.4. The number of carboxylic acids is 2. The van der Waals surface area contributed by atoms with Crippen LogP contribution in [-0.2, 0) is 26.3 Å². The van der Waals surface area contributed by atoms with Gasteiger partial charge >= 0.3 is 11.9 Å². The van der Waals surface area contributed by atoms with Crippen LogP contribution < -0.4 is 11.1 Å². The van der Waals surface area contributed by atoms with Crippen LogP contribution in [0.4, 0.5) is 0 Å². The van der Waals surface area contributed by atoms with Crippen LogP contribution in [0.1, 0.15) is 30.5 Å². The van der Waals surface area contributed by atoms with E-state index in [0.29, 0.717) is 22.2 Å². The van der Waals surface area contributed by atoms with Crippen molar-refractivity contribution in [3.05, 3.63) is 65.2 Å². The molecule has 0 saturated heterocycles. The first-order valence-corrected chi connectivity index (χ1v) is 12.8. The average molecular weight is 592 g/mol. The Hall–Kier alpha value is -5.47. The number of aromatic nitrogens is 2. The summed E-state index contributed by atoms with van der Waals surface area (Å²) in [7, 11) is 0. The first-order chi connectivity index (χ1) is 20.1. The smallest absolute Gasteiger partial charge is 0.335 e. The summed E-state index contributed by atoms with van der Waals surface area (Å²) in [6.45, 7) is 2.68. The molecule has 43 heavy (non-hydrogen) atoms. The highest BCUT2D eigenvalue weighted by Crippen LogP contribution is 2.44. The molecule has 3 aromatic carbocycles. The molecule has 224 valence electrons. The number of hydrogen-bond donors (Lipinski definition) is 10. The van der Waals surface area contributed by atoms with Gasteiger partial charge in [0.25, 0.3) is 5.91 Å². The van der Waals surface area contributed by atoms with Gasteiger partial charge in [-0.25, -0.2) is 9.78 Å². The van der Waals surface area contributed by atoms with E-state index in [1.54, 1.807) is 18.2 Å². The molecule has 0 aliphatic rings. The molecule has 0 unspecified atom stereocenters. The third-order valence-electron chi connectivity index (χ3n) is 7.05. The molecule has 14 heteroatoms. The van der Waals surface area contributed by atoms with Crippen LogP contribution >= 0.6 is 0 Å². The molecule has 0 saturated carbocycles. The number of amidine groups is 1. The van der Waals surface area contributed by atoms with Crippen LogP contribution in [0.3, 0.4) is 0 Å². The molecule has 4 rings (SSSR count). The first-order valence-electron chi connectivity index (χ1n) is 12.8. The third-order valence-corrected chi connectivity index (χ3v) is 7.05. The summed E-state index contributed by atoms with van der Waals surface area (Å²) in [6, 6.07) is 11.8. The minimum absolute atomic E-state index is 0.0405. The number of aliphatic hydroxyl groups excluding tert-OH is 2. The Bertz CT molecular complexity index is 1780. The summed E-state index contributed by atoms with van der Waals surface area (Å²) in [5, 5.41) is 70.1. The fourth-order valence-electron chi connectivity index (χ4n) is 4.29. The van der Waals surface area contributed by atoms with E-state index in [-0.39, 0.29) is 52.0 Å². The zero-order chi connectivity index (χ0) is 31.8. The zero-order valence-corrected chi connectivity index (χ0v) is 22.9. The largest absolute Gasteiger partial charge is 0.507 e. The number of carbonyl (C=O) groups is 3. The number of phenols is 2. The Kier molecular flexibility index (Phi) is 8.10. The molecule has 11 N–H and O–H groups in total. The van der Waals surface area contributed by atoms with E-state index in [2.05, 4.69) is 15.3 Å². The first kappa shape index (κ1) is 30.5. The number of imidazole rings is 1. The normalized spacial score (nSPS) is 12.9. The van der Waals surface area contributed by atoms with E-state index in [9.17, 15) is 39.9 Å². The van der Waals surface area contributed by atoms with E-state index < -0.39 is 35.5 Å². The summed E-state index contributed by atoms with van der Waals surface area (Å²) in [5.74, 6) is -4.73. The van der Waals surface area contributed by atoms with Gasteiger partial charge in [0.1, 0.15) is 23.2 Å². The molecule has 2 atom stereocenters. The molecule has 1 aromatic heterocycles. The van der Waals surface area contributed by atoms with Crippen LogP contribution in [0, 0.1) is 5.41 Å². The monoisotopic (exact) mass is 591 g/mol. The van der Waals surface area contributed by atoms with Gasteiger partial charge in [-0.15, -0.1) is 0 Å². The molecule has 14 nitrogen and oxygen atoms in total. The predicted molar refractivity (Wildman–Crippen MR) is 153 cm³/mol. The van der Waals surface area contributed by atoms with Crippen molar-refractivity contribution in [2.45, 2.75) is 38.0 Å². The number of hydrogen-bond acceptors (Lipinski definition) is 9. The van der Waals surface area contributed by atoms with Gasteiger partial charge in [-0.1, -0.05) is 6.07 Å². The Labute approximate surface area is 243 Å². The molecule has 1 amide bonds. The molecule has 1 heterocycles. The topological polar surface area (TPSA) is 263 Å². The van der Waals surface area contributed by atoms with E-state index in [1.807, 2.05) is 0 Å². The lowest BCUT2D eigenvalue weighted by Gasteiger charge is -2.23. The van der Waals surface area contributed by atoms with E-state index in [4.69, 9.17) is 16.2 Å². The number of aliphatic hydroxyl groups is 2. The van der Waals surface area contributed by atoms with Crippen molar-refractivity contribution in [2.75, 3.05) is 0 Å². The minimum atomic E-state index is -2.33. The van der Waals surface area contributed by atoms with Crippen LogP contribution in [0.25, 0.3) is 33.5 Å². The standard InChI is InChI=1S/C29H29N5O9/c1-29(2,28(42)43)14-9-16(15-7-12(3-6-20(15)35)11-32-26(39)22(37)23(38)27(40)41)21(36)17(10-14)25-33-18-5-4-13(24(30)31)8-19(18)34-25/h3-10,22-23,35-38H,11H2,1-2H3,(H3,30,31)(H,32,39)(H,33,34)(H,40,41)(H,42,43)/t22-,23-/m1/s1. The summed E-state index contributed by atoms with van der Waals surface area (Å²) >= 11 is 0. The fraction of sp³-hybridized carbons (Fsp3) is 0.207.